The minimum absolute atomic E-state index is 0.00805. The van der Waals surface area contributed by atoms with Crippen LogP contribution in [0.15, 0.2) is 71.3 Å². The molecule has 152 valence electrons. The first kappa shape index (κ1) is 19.9. The lowest BCUT2D eigenvalue weighted by Crippen LogP contribution is -2.50. The molecule has 0 heterocycles. The summed E-state index contributed by atoms with van der Waals surface area (Å²) in [6.45, 7) is 6.49. The van der Waals surface area contributed by atoms with Crippen molar-refractivity contribution >= 4 is 15.8 Å². The zero-order valence-corrected chi connectivity index (χ0v) is 17.9. The molecule has 2 aromatic carbocycles. The van der Waals surface area contributed by atoms with Crippen LogP contribution in [0, 0.1) is 24.2 Å². The molecule has 29 heavy (non-hydrogen) atoms. The van der Waals surface area contributed by atoms with Crippen molar-refractivity contribution in [3.63, 3.8) is 0 Å². The summed E-state index contributed by atoms with van der Waals surface area (Å²) in [5.74, 6) is -0.0723. The zero-order valence-electron chi connectivity index (χ0n) is 17.1. The molecule has 0 N–H and O–H groups in total. The third-order valence-electron chi connectivity index (χ3n) is 6.36. The lowest BCUT2D eigenvalue weighted by Gasteiger charge is -2.50. The first-order valence-electron chi connectivity index (χ1n) is 10.1. The van der Waals surface area contributed by atoms with Crippen molar-refractivity contribution in [2.75, 3.05) is 0 Å². The van der Waals surface area contributed by atoms with Crippen molar-refractivity contribution < 1.29 is 13.2 Å². The van der Waals surface area contributed by atoms with E-state index in [2.05, 4.69) is 13.8 Å². The molecule has 0 amide bonds. The van der Waals surface area contributed by atoms with Crippen LogP contribution in [0.4, 0.5) is 0 Å². The average molecular weight is 410 g/mol. The summed E-state index contributed by atoms with van der Waals surface area (Å²) in [5.41, 5.74) is 2.55. The molecular formula is C24H27NO3S. The largest absolute Gasteiger partial charge is 0.299 e. The molecule has 2 aliphatic carbocycles. The van der Waals surface area contributed by atoms with Crippen molar-refractivity contribution in [2.45, 2.75) is 45.1 Å². The predicted octanol–water partition coefficient (Wildman–Crippen LogP) is 4.70. The number of sulfonamides is 1. The second-order valence-corrected chi connectivity index (χ2v) is 10.7. The number of ketones is 1. The van der Waals surface area contributed by atoms with Crippen LogP contribution in [0.5, 0.6) is 0 Å². The van der Waals surface area contributed by atoms with Gasteiger partial charge in [-0.3, -0.25) is 9.10 Å². The minimum atomic E-state index is -3.77. The van der Waals surface area contributed by atoms with Crippen LogP contribution < -0.4 is 0 Å². The first-order chi connectivity index (χ1) is 13.7. The summed E-state index contributed by atoms with van der Waals surface area (Å²) < 4.78 is 28.6. The Bertz CT molecular complexity index is 1050. The lowest BCUT2D eigenvalue weighted by molar-refractivity contribution is -0.129. The fraction of sp³-hybridized carbons (Fsp3) is 0.375. The SMILES string of the molecule is Cc1ccc(S(=O)(=O)N(Cc2ccccc2)C2=C[C@@H]3[C@H]2C(=O)CCC3(C)C)cc1. The van der Waals surface area contributed by atoms with Crippen molar-refractivity contribution in [1.29, 1.82) is 0 Å². The summed E-state index contributed by atoms with van der Waals surface area (Å²) in [6, 6.07) is 16.5. The molecule has 2 aliphatic rings. The van der Waals surface area contributed by atoms with Gasteiger partial charge in [-0.25, -0.2) is 8.42 Å². The first-order valence-corrected chi connectivity index (χ1v) is 11.5. The molecule has 1 fully saturated rings. The fourth-order valence-electron chi connectivity index (χ4n) is 4.40. The predicted molar refractivity (Wildman–Crippen MR) is 113 cm³/mol. The van der Waals surface area contributed by atoms with Gasteiger partial charge in [-0.15, -0.1) is 0 Å². The van der Waals surface area contributed by atoms with E-state index in [1.54, 1.807) is 24.3 Å². The van der Waals surface area contributed by atoms with Gasteiger partial charge in [-0.1, -0.05) is 68.0 Å². The van der Waals surface area contributed by atoms with Gasteiger partial charge in [-0.05, 0) is 42.4 Å². The van der Waals surface area contributed by atoms with Gasteiger partial charge in [0.05, 0.1) is 17.4 Å². The molecule has 1 saturated carbocycles. The summed E-state index contributed by atoms with van der Waals surface area (Å²) in [6.07, 6.45) is 3.37. The van der Waals surface area contributed by atoms with Gasteiger partial charge in [0.1, 0.15) is 5.78 Å². The maximum absolute atomic E-state index is 13.6. The third-order valence-corrected chi connectivity index (χ3v) is 8.15. The van der Waals surface area contributed by atoms with Gasteiger partial charge in [0, 0.05) is 12.1 Å². The number of hydrogen-bond donors (Lipinski definition) is 0. The number of rotatable bonds is 5. The Morgan fingerprint density at radius 3 is 2.34 bits per heavy atom. The molecule has 0 spiro atoms. The molecule has 0 saturated heterocycles. The van der Waals surface area contributed by atoms with E-state index in [0.29, 0.717) is 12.1 Å². The maximum atomic E-state index is 13.6. The van der Waals surface area contributed by atoms with E-state index in [9.17, 15) is 13.2 Å². The van der Waals surface area contributed by atoms with Crippen molar-refractivity contribution in [3.05, 3.63) is 77.5 Å². The molecule has 2 atom stereocenters. The van der Waals surface area contributed by atoms with Crippen LogP contribution >= 0.6 is 0 Å². The van der Waals surface area contributed by atoms with Crippen molar-refractivity contribution in [2.24, 2.45) is 17.3 Å². The number of carbonyl (C=O) groups excluding carboxylic acids is 1. The number of Topliss-reactive ketones (excluding diaryl/α,β-unsaturated/α-hetero) is 1. The zero-order chi connectivity index (χ0) is 20.8. The molecule has 2 aromatic rings. The number of hydrogen-bond acceptors (Lipinski definition) is 3. The Morgan fingerprint density at radius 1 is 1.03 bits per heavy atom. The van der Waals surface area contributed by atoms with E-state index in [1.807, 2.05) is 43.3 Å². The number of carbonyl (C=O) groups is 1. The Labute approximate surface area is 173 Å². The Morgan fingerprint density at radius 2 is 1.69 bits per heavy atom. The number of nitrogens with zero attached hydrogens (tertiary/aromatic N) is 1. The van der Waals surface area contributed by atoms with E-state index in [0.717, 1.165) is 17.5 Å². The highest BCUT2D eigenvalue weighted by Gasteiger charge is 2.52. The summed E-state index contributed by atoms with van der Waals surface area (Å²) in [4.78, 5) is 13.0. The normalized spacial score (nSPS) is 23.0. The molecular weight excluding hydrogens is 382 g/mol. The van der Waals surface area contributed by atoms with Gasteiger partial charge in [0.15, 0.2) is 0 Å². The Balaban J connectivity index is 1.77. The van der Waals surface area contributed by atoms with Crippen LogP contribution in [0.2, 0.25) is 0 Å². The van der Waals surface area contributed by atoms with E-state index >= 15 is 0 Å². The Hall–Kier alpha value is -2.40. The van der Waals surface area contributed by atoms with Gasteiger partial charge in [-0.2, -0.15) is 0 Å². The standard InChI is InChI=1S/C24H27NO3S/c1-17-9-11-19(12-10-17)29(27,28)25(16-18-7-5-4-6-8-18)21-15-20-23(21)22(26)13-14-24(20,2)3/h4-12,15,20,23H,13-14,16H2,1-3H3/t20-,23-/m1/s1. The van der Waals surface area contributed by atoms with Crippen LogP contribution in [-0.2, 0) is 21.4 Å². The third kappa shape index (κ3) is 3.52. The monoisotopic (exact) mass is 409 g/mol. The number of benzene rings is 2. The van der Waals surface area contributed by atoms with Crippen LogP contribution in [-0.4, -0.2) is 18.5 Å². The van der Waals surface area contributed by atoms with E-state index in [1.165, 1.54) is 4.31 Å². The highest BCUT2D eigenvalue weighted by atomic mass is 32.2. The highest BCUT2D eigenvalue weighted by molar-refractivity contribution is 7.89. The van der Waals surface area contributed by atoms with Crippen LogP contribution in [0.1, 0.15) is 37.8 Å². The molecule has 4 rings (SSSR count). The number of allylic oxidation sites excluding steroid dienone is 2. The average Bonchev–Trinajstić information content (AvgIpc) is 2.65. The van der Waals surface area contributed by atoms with Crippen molar-refractivity contribution in [1.82, 2.24) is 4.31 Å². The molecule has 0 bridgehead atoms. The van der Waals surface area contributed by atoms with Gasteiger partial charge in [0.25, 0.3) is 10.0 Å². The second kappa shape index (κ2) is 7.13. The van der Waals surface area contributed by atoms with Crippen LogP contribution in [0.25, 0.3) is 0 Å². The molecule has 4 nitrogen and oxygen atoms in total. The molecule has 0 unspecified atom stereocenters. The number of fused-ring (bicyclic) bond motifs is 1. The molecule has 0 aliphatic heterocycles. The van der Waals surface area contributed by atoms with E-state index in [-0.39, 0.29) is 34.5 Å². The van der Waals surface area contributed by atoms with E-state index in [4.69, 9.17) is 0 Å². The molecule has 5 heteroatoms. The Kier molecular flexibility index (Phi) is 4.89. The molecule has 0 radical (unpaired) electrons. The fourth-order valence-corrected chi connectivity index (χ4v) is 5.90. The van der Waals surface area contributed by atoms with Gasteiger partial charge < -0.3 is 0 Å². The quantitative estimate of drug-likeness (QED) is 0.719. The van der Waals surface area contributed by atoms with Gasteiger partial charge >= 0.3 is 0 Å². The summed E-state index contributed by atoms with van der Waals surface area (Å²) >= 11 is 0. The summed E-state index contributed by atoms with van der Waals surface area (Å²) in [7, 11) is -3.77. The number of aryl methyl sites for hydroxylation is 1. The molecule has 0 aromatic heterocycles. The van der Waals surface area contributed by atoms with Gasteiger partial charge in [0.2, 0.25) is 0 Å². The maximum Gasteiger partial charge on any atom is 0.264 e. The topological polar surface area (TPSA) is 54.5 Å². The van der Waals surface area contributed by atoms with Crippen molar-refractivity contribution in [3.8, 4) is 0 Å². The van der Waals surface area contributed by atoms with E-state index < -0.39 is 10.0 Å². The summed E-state index contributed by atoms with van der Waals surface area (Å²) in [5, 5.41) is 0. The van der Waals surface area contributed by atoms with Crippen LogP contribution in [0.3, 0.4) is 0 Å². The minimum Gasteiger partial charge on any atom is -0.299 e. The smallest absolute Gasteiger partial charge is 0.264 e. The highest BCUT2D eigenvalue weighted by Crippen LogP contribution is 2.53. The second-order valence-electron chi connectivity index (χ2n) is 8.86. The lowest BCUT2D eigenvalue weighted by atomic mass is 9.57.